The van der Waals surface area contributed by atoms with Gasteiger partial charge in [0.25, 0.3) is 0 Å². The second-order valence-electron chi connectivity index (χ2n) is 18.9. The SMILES string of the molecule is CC1(C)c2ccccc2-c2cc3c4cc(C5C=c6c7n(c8ccccc68)-c6c(cccc6-c6cccc(O)c6-c6ccccc6)-c6ccccc6C=7C5)ccc4n(-c4ccccc4)c3cc21. The van der Waals surface area contributed by atoms with Crippen molar-refractivity contribution in [2.45, 2.75) is 31.6 Å². The van der Waals surface area contributed by atoms with Gasteiger partial charge in [0.2, 0.25) is 0 Å². The van der Waals surface area contributed by atoms with Crippen LogP contribution in [0.4, 0.5) is 0 Å². The third-order valence-corrected chi connectivity index (χ3v) is 15.1. The Balaban J connectivity index is 1.03. The molecule has 0 amide bonds. The zero-order valence-corrected chi connectivity index (χ0v) is 36.8. The van der Waals surface area contributed by atoms with E-state index in [9.17, 15) is 5.11 Å². The van der Waals surface area contributed by atoms with Crippen molar-refractivity contribution >= 4 is 44.4 Å². The van der Waals surface area contributed by atoms with E-state index < -0.39 is 0 Å². The van der Waals surface area contributed by atoms with E-state index in [0.29, 0.717) is 0 Å². The number of aromatic nitrogens is 2. The Morgan fingerprint density at radius 2 is 1.11 bits per heavy atom. The van der Waals surface area contributed by atoms with Gasteiger partial charge < -0.3 is 14.2 Å². The average molecular weight is 845 g/mol. The molecule has 1 atom stereocenters. The number of aromatic hydroxyl groups is 1. The molecule has 14 rings (SSSR count). The lowest BCUT2D eigenvalue weighted by Gasteiger charge is -2.21. The summed E-state index contributed by atoms with van der Waals surface area (Å²) in [6, 6.07) is 73.0. The Kier molecular flexibility index (Phi) is 7.73. The quantitative estimate of drug-likeness (QED) is 0.188. The molecule has 1 N–H and O–H groups in total. The standard InChI is InChI=1S/C63H44N2O/c1-63(2)54-28-13-11-23-44(54)49-36-51-50-33-39(31-32-57(50)64(58(51)37-55(49)63)41-19-7-4-8-20-41)40-34-52-43-22-10-9-21-42(43)47-26-15-27-48(46-25-16-30-59(66)60(46)38-17-5-3-6-18-38)61(47)65-56-29-14-12-24-45(56)53(35-40)62(52)65/h3-33,35-37,40,66H,34H2,1-2H3. The third-order valence-electron chi connectivity index (χ3n) is 15.1. The second-order valence-corrected chi connectivity index (χ2v) is 18.9. The van der Waals surface area contributed by atoms with E-state index in [0.717, 1.165) is 34.4 Å². The largest absolute Gasteiger partial charge is 0.507 e. The van der Waals surface area contributed by atoms with Gasteiger partial charge in [-0.15, -0.1) is 0 Å². The summed E-state index contributed by atoms with van der Waals surface area (Å²) in [4.78, 5) is 0. The van der Waals surface area contributed by atoms with Crippen molar-refractivity contribution in [2.75, 3.05) is 0 Å². The highest BCUT2D eigenvalue weighted by atomic mass is 16.3. The Bertz CT molecular complexity index is 4000. The first-order chi connectivity index (χ1) is 32.4. The molecule has 66 heavy (non-hydrogen) atoms. The minimum atomic E-state index is -0.100. The molecule has 3 heterocycles. The molecular formula is C63H44N2O. The molecule has 0 bridgehead atoms. The summed E-state index contributed by atoms with van der Waals surface area (Å²) < 4.78 is 5.03. The molecule has 0 saturated heterocycles. The van der Waals surface area contributed by atoms with Crippen molar-refractivity contribution in [1.29, 1.82) is 0 Å². The van der Waals surface area contributed by atoms with Crippen molar-refractivity contribution in [1.82, 2.24) is 9.13 Å². The van der Waals surface area contributed by atoms with Crippen molar-refractivity contribution in [3.05, 3.63) is 233 Å². The van der Waals surface area contributed by atoms with Crippen LogP contribution in [0, 0.1) is 0 Å². The van der Waals surface area contributed by atoms with Crippen LogP contribution in [-0.2, 0) is 5.41 Å². The van der Waals surface area contributed by atoms with E-state index in [4.69, 9.17) is 0 Å². The van der Waals surface area contributed by atoms with Gasteiger partial charge in [-0.05, 0) is 111 Å². The Hall–Kier alpha value is -8.14. The summed E-state index contributed by atoms with van der Waals surface area (Å²) in [5.74, 6) is 0.403. The van der Waals surface area contributed by atoms with Gasteiger partial charge in [-0.2, -0.15) is 0 Å². The normalized spacial score (nSPS) is 15.2. The first-order valence-electron chi connectivity index (χ1n) is 23.2. The Labute approximate surface area is 383 Å². The number of phenols is 1. The van der Waals surface area contributed by atoms with Gasteiger partial charge in [-0.1, -0.05) is 172 Å². The summed E-state index contributed by atoms with van der Waals surface area (Å²) in [7, 11) is 0. The lowest BCUT2D eigenvalue weighted by atomic mass is 9.82. The summed E-state index contributed by atoms with van der Waals surface area (Å²) in [5, 5.41) is 17.9. The van der Waals surface area contributed by atoms with Gasteiger partial charge in [0.15, 0.2) is 0 Å². The molecule has 1 aliphatic heterocycles. The fraction of sp³-hybridized carbons (Fsp3) is 0.0794. The molecule has 0 radical (unpaired) electrons. The highest BCUT2D eigenvalue weighted by molar-refractivity contribution is 6.12. The Morgan fingerprint density at radius 3 is 1.94 bits per heavy atom. The van der Waals surface area contributed by atoms with Crippen LogP contribution in [0.5, 0.6) is 5.75 Å². The molecule has 0 fully saturated rings. The monoisotopic (exact) mass is 844 g/mol. The zero-order valence-electron chi connectivity index (χ0n) is 36.8. The minimum absolute atomic E-state index is 0.100. The van der Waals surface area contributed by atoms with Crippen LogP contribution in [0.1, 0.15) is 48.4 Å². The predicted octanol–water partition coefficient (Wildman–Crippen LogP) is 14.2. The zero-order chi connectivity index (χ0) is 43.8. The van der Waals surface area contributed by atoms with Crippen LogP contribution in [0.3, 0.4) is 0 Å². The van der Waals surface area contributed by atoms with Crippen LogP contribution >= 0.6 is 0 Å². The lowest BCUT2D eigenvalue weighted by molar-refractivity contribution is 0.477. The molecule has 1 unspecified atom stereocenters. The molecule has 3 nitrogen and oxygen atoms in total. The number of fused-ring (bicyclic) bond motifs is 14. The number of hydrogen-bond acceptors (Lipinski definition) is 1. The number of nitrogens with zero attached hydrogens (tertiary/aromatic N) is 2. The maximum Gasteiger partial charge on any atom is 0.124 e. The number of rotatable bonds is 4. The fourth-order valence-electron chi connectivity index (χ4n) is 12.2. The molecular weight excluding hydrogens is 801 g/mol. The Morgan fingerprint density at radius 1 is 0.470 bits per heavy atom. The van der Waals surface area contributed by atoms with Gasteiger partial charge in [0, 0.05) is 55.1 Å². The van der Waals surface area contributed by atoms with Crippen molar-refractivity contribution < 1.29 is 5.11 Å². The van der Waals surface area contributed by atoms with Crippen LogP contribution in [0.2, 0.25) is 0 Å². The number of para-hydroxylation sites is 3. The van der Waals surface area contributed by atoms with Crippen molar-refractivity contribution in [3.63, 3.8) is 0 Å². The van der Waals surface area contributed by atoms with Gasteiger partial charge in [0.1, 0.15) is 5.75 Å². The van der Waals surface area contributed by atoms with Gasteiger partial charge in [0.05, 0.1) is 27.6 Å². The van der Waals surface area contributed by atoms with E-state index in [1.165, 1.54) is 99.0 Å². The number of phenolic OH excluding ortho intramolecular Hbond substituents is 1. The molecule has 11 aromatic rings. The molecule has 0 spiro atoms. The summed E-state index contributed by atoms with van der Waals surface area (Å²) in [5.41, 5.74) is 21.6. The van der Waals surface area contributed by atoms with Gasteiger partial charge in [-0.3, -0.25) is 0 Å². The molecule has 3 heteroatoms. The van der Waals surface area contributed by atoms with Crippen LogP contribution in [0.25, 0.3) is 100 Å². The highest BCUT2D eigenvalue weighted by Crippen LogP contribution is 2.52. The van der Waals surface area contributed by atoms with E-state index in [2.05, 4.69) is 199 Å². The van der Waals surface area contributed by atoms with Crippen LogP contribution in [-0.4, -0.2) is 14.2 Å². The number of benzene rings is 9. The van der Waals surface area contributed by atoms with E-state index in [-0.39, 0.29) is 17.1 Å². The smallest absolute Gasteiger partial charge is 0.124 e. The minimum Gasteiger partial charge on any atom is -0.507 e. The summed E-state index contributed by atoms with van der Waals surface area (Å²) in [6.07, 6.45) is 3.41. The number of hydrogen-bond donors (Lipinski definition) is 1. The maximum absolute atomic E-state index is 11.6. The molecule has 2 aliphatic carbocycles. The predicted molar refractivity (Wildman–Crippen MR) is 273 cm³/mol. The topological polar surface area (TPSA) is 30.1 Å². The van der Waals surface area contributed by atoms with E-state index in [1.54, 1.807) is 6.07 Å². The van der Waals surface area contributed by atoms with Gasteiger partial charge in [-0.25, -0.2) is 0 Å². The summed E-state index contributed by atoms with van der Waals surface area (Å²) in [6.45, 7) is 4.75. The second kappa shape index (κ2) is 13.7. The first kappa shape index (κ1) is 37.3. The molecule has 0 saturated carbocycles. The third kappa shape index (κ3) is 5.08. The van der Waals surface area contributed by atoms with Gasteiger partial charge >= 0.3 is 0 Å². The van der Waals surface area contributed by atoms with Crippen LogP contribution < -0.4 is 10.6 Å². The molecule has 312 valence electrons. The summed E-state index contributed by atoms with van der Waals surface area (Å²) >= 11 is 0. The van der Waals surface area contributed by atoms with E-state index in [1.807, 2.05) is 24.3 Å². The maximum atomic E-state index is 11.6. The van der Waals surface area contributed by atoms with Crippen molar-refractivity contribution in [3.8, 4) is 61.6 Å². The first-order valence-corrected chi connectivity index (χ1v) is 23.2. The lowest BCUT2D eigenvalue weighted by Crippen LogP contribution is -2.35. The molecule has 9 aromatic carbocycles. The van der Waals surface area contributed by atoms with Crippen molar-refractivity contribution in [2.24, 2.45) is 0 Å². The van der Waals surface area contributed by atoms with E-state index >= 15 is 0 Å². The molecule has 2 aromatic heterocycles. The average Bonchev–Trinajstić information content (AvgIpc) is 3.91. The highest BCUT2D eigenvalue weighted by Gasteiger charge is 2.37. The molecule has 3 aliphatic rings. The van der Waals surface area contributed by atoms with Crippen LogP contribution in [0.15, 0.2) is 200 Å². The fourth-order valence-corrected chi connectivity index (χ4v) is 12.2.